The molecular weight excluding hydrogens is 244 g/mol. The first-order chi connectivity index (χ1) is 9.36. The van der Waals surface area contributed by atoms with E-state index in [1.54, 1.807) is 0 Å². The molecule has 2 aliphatic rings. The molecule has 1 saturated carbocycles. The van der Waals surface area contributed by atoms with E-state index in [2.05, 4.69) is 5.32 Å². The highest BCUT2D eigenvalue weighted by molar-refractivity contribution is 5.74. The molecule has 0 atom stereocenters. The first kappa shape index (κ1) is 14.6. The van der Waals surface area contributed by atoms with Crippen molar-refractivity contribution >= 4 is 6.03 Å². The summed E-state index contributed by atoms with van der Waals surface area (Å²) < 4.78 is 11.0. The van der Waals surface area contributed by atoms with Gasteiger partial charge in [0.2, 0.25) is 0 Å². The van der Waals surface area contributed by atoms with Crippen molar-refractivity contribution in [3.63, 3.8) is 0 Å². The van der Waals surface area contributed by atoms with Crippen molar-refractivity contribution < 1.29 is 14.3 Å². The third kappa shape index (κ3) is 5.37. The molecular formula is C14H26N2O3. The van der Waals surface area contributed by atoms with E-state index in [4.69, 9.17) is 9.47 Å². The molecule has 1 heterocycles. The largest absolute Gasteiger partial charge is 0.378 e. The molecule has 2 fully saturated rings. The van der Waals surface area contributed by atoms with E-state index in [0.29, 0.717) is 39.0 Å². The van der Waals surface area contributed by atoms with Gasteiger partial charge >= 0.3 is 6.03 Å². The summed E-state index contributed by atoms with van der Waals surface area (Å²) in [5.41, 5.74) is 0. The van der Waals surface area contributed by atoms with Crippen molar-refractivity contribution in [1.29, 1.82) is 0 Å². The van der Waals surface area contributed by atoms with Crippen molar-refractivity contribution in [3.05, 3.63) is 0 Å². The summed E-state index contributed by atoms with van der Waals surface area (Å²) in [4.78, 5) is 13.6. The summed E-state index contributed by atoms with van der Waals surface area (Å²) >= 11 is 0. The summed E-state index contributed by atoms with van der Waals surface area (Å²) in [5.74, 6) is 0. The van der Waals surface area contributed by atoms with Gasteiger partial charge < -0.3 is 19.7 Å². The van der Waals surface area contributed by atoms with Crippen LogP contribution in [-0.2, 0) is 9.47 Å². The average Bonchev–Trinajstić information content (AvgIpc) is 2.49. The van der Waals surface area contributed by atoms with Gasteiger partial charge in [-0.2, -0.15) is 0 Å². The van der Waals surface area contributed by atoms with Crippen molar-refractivity contribution in [2.24, 2.45) is 0 Å². The number of nitrogens with zero attached hydrogens (tertiary/aromatic N) is 1. The minimum atomic E-state index is 0.0287. The Balaban J connectivity index is 1.47. The maximum atomic E-state index is 11.8. The lowest BCUT2D eigenvalue weighted by atomic mass is 9.98. The van der Waals surface area contributed by atoms with Crippen LogP contribution in [0.5, 0.6) is 0 Å². The van der Waals surface area contributed by atoms with Crippen LogP contribution < -0.4 is 5.32 Å². The molecule has 19 heavy (non-hydrogen) atoms. The fourth-order valence-corrected chi connectivity index (χ4v) is 2.63. The first-order valence-corrected chi connectivity index (χ1v) is 7.58. The molecule has 0 aromatic rings. The zero-order valence-corrected chi connectivity index (χ0v) is 11.7. The van der Waals surface area contributed by atoms with Crippen LogP contribution in [0.25, 0.3) is 0 Å². The van der Waals surface area contributed by atoms with E-state index in [-0.39, 0.29) is 6.03 Å². The van der Waals surface area contributed by atoms with Crippen LogP contribution in [-0.4, -0.2) is 56.5 Å². The lowest BCUT2D eigenvalue weighted by molar-refractivity contribution is 0.0270. The Bertz CT molecular complexity index is 261. The zero-order valence-electron chi connectivity index (χ0n) is 11.7. The Morgan fingerprint density at radius 2 is 1.95 bits per heavy atom. The van der Waals surface area contributed by atoms with E-state index in [1.807, 2.05) is 4.90 Å². The van der Waals surface area contributed by atoms with Crippen LogP contribution in [0.2, 0.25) is 0 Å². The number of carbonyl (C=O) groups excluding carboxylic acids is 1. The second-order valence-electron chi connectivity index (χ2n) is 5.32. The molecule has 1 N–H and O–H groups in total. The number of amides is 2. The third-order valence-corrected chi connectivity index (χ3v) is 3.80. The summed E-state index contributed by atoms with van der Waals surface area (Å²) in [6.45, 7) is 4.15. The Morgan fingerprint density at radius 3 is 2.68 bits per heavy atom. The molecule has 0 spiro atoms. The number of carbonyl (C=O) groups is 1. The maximum Gasteiger partial charge on any atom is 0.317 e. The molecule has 2 amide bonds. The highest BCUT2D eigenvalue weighted by Gasteiger charge is 2.16. The SMILES string of the molecule is O=C(NCCCOC1CCCCC1)N1CCOCC1. The molecule has 0 aromatic heterocycles. The Labute approximate surface area is 115 Å². The van der Waals surface area contributed by atoms with Crippen molar-refractivity contribution in [1.82, 2.24) is 10.2 Å². The van der Waals surface area contributed by atoms with Crippen LogP contribution in [0.15, 0.2) is 0 Å². The predicted molar refractivity (Wildman–Crippen MR) is 73.2 cm³/mol. The van der Waals surface area contributed by atoms with E-state index in [9.17, 15) is 4.79 Å². The average molecular weight is 270 g/mol. The summed E-state index contributed by atoms with van der Waals surface area (Å²) in [6, 6.07) is 0.0287. The second kappa shape index (κ2) is 8.38. The van der Waals surface area contributed by atoms with Gasteiger partial charge in [0.15, 0.2) is 0 Å². The molecule has 2 rings (SSSR count). The molecule has 0 radical (unpaired) electrons. The Kier molecular flexibility index (Phi) is 6.44. The standard InChI is InChI=1S/C14H26N2O3/c17-14(16-8-11-18-12-9-16)15-7-4-10-19-13-5-2-1-3-6-13/h13H,1-12H2,(H,15,17). The van der Waals surface area contributed by atoms with Gasteiger partial charge in [-0.15, -0.1) is 0 Å². The van der Waals surface area contributed by atoms with Gasteiger partial charge in [0.25, 0.3) is 0 Å². The fraction of sp³-hybridized carbons (Fsp3) is 0.929. The minimum absolute atomic E-state index is 0.0287. The lowest BCUT2D eigenvalue weighted by Crippen LogP contribution is -2.46. The van der Waals surface area contributed by atoms with Crippen LogP contribution in [0.1, 0.15) is 38.5 Å². The number of hydrogen-bond donors (Lipinski definition) is 1. The van der Waals surface area contributed by atoms with Crippen LogP contribution in [0.4, 0.5) is 4.79 Å². The van der Waals surface area contributed by atoms with Crippen LogP contribution in [0, 0.1) is 0 Å². The maximum absolute atomic E-state index is 11.8. The normalized spacial score (nSPS) is 21.4. The minimum Gasteiger partial charge on any atom is -0.378 e. The molecule has 0 bridgehead atoms. The smallest absolute Gasteiger partial charge is 0.317 e. The number of ether oxygens (including phenoxy) is 2. The summed E-state index contributed by atoms with van der Waals surface area (Å²) in [5, 5.41) is 2.94. The van der Waals surface area contributed by atoms with E-state index < -0.39 is 0 Å². The molecule has 0 unspecified atom stereocenters. The molecule has 0 aromatic carbocycles. The second-order valence-corrected chi connectivity index (χ2v) is 5.32. The van der Waals surface area contributed by atoms with Gasteiger partial charge in [-0.1, -0.05) is 19.3 Å². The summed E-state index contributed by atoms with van der Waals surface area (Å²) in [7, 11) is 0. The Morgan fingerprint density at radius 1 is 1.21 bits per heavy atom. The van der Waals surface area contributed by atoms with Gasteiger partial charge in [0, 0.05) is 26.2 Å². The predicted octanol–water partition coefficient (Wildman–Crippen LogP) is 1.77. The van der Waals surface area contributed by atoms with Crippen molar-refractivity contribution in [2.75, 3.05) is 39.5 Å². The molecule has 110 valence electrons. The van der Waals surface area contributed by atoms with E-state index >= 15 is 0 Å². The number of urea groups is 1. The van der Waals surface area contributed by atoms with Gasteiger partial charge in [0.05, 0.1) is 19.3 Å². The lowest BCUT2D eigenvalue weighted by Gasteiger charge is -2.27. The number of rotatable bonds is 5. The first-order valence-electron chi connectivity index (χ1n) is 7.58. The highest BCUT2D eigenvalue weighted by Crippen LogP contribution is 2.20. The molecule has 1 aliphatic carbocycles. The molecule has 1 aliphatic heterocycles. The fourth-order valence-electron chi connectivity index (χ4n) is 2.63. The quantitative estimate of drug-likeness (QED) is 0.775. The zero-order chi connectivity index (χ0) is 13.3. The number of nitrogens with one attached hydrogen (secondary N) is 1. The van der Waals surface area contributed by atoms with Crippen LogP contribution in [0.3, 0.4) is 0 Å². The van der Waals surface area contributed by atoms with Gasteiger partial charge in [0.1, 0.15) is 0 Å². The monoisotopic (exact) mass is 270 g/mol. The van der Waals surface area contributed by atoms with Gasteiger partial charge in [-0.3, -0.25) is 0 Å². The Hall–Kier alpha value is -0.810. The summed E-state index contributed by atoms with van der Waals surface area (Å²) in [6.07, 6.45) is 7.74. The van der Waals surface area contributed by atoms with Gasteiger partial charge in [-0.25, -0.2) is 4.79 Å². The molecule has 1 saturated heterocycles. The molecule has 5 heteroatoms. The molecule has 5 nitrogen and oxygen atoms in total. The third-order valence-electron chi connectivity index (χ3n) is 3.80. The van der Waals surface area contributed by atoms with Crippen molar-refractivity contribution in [3.8, 4) is 0 Å². The van der Waals surface area contributed by atoms with E-state index in [0.717, 1.165) is 13.0 Å². The van der Waals surface area contributed by atoms with Gasteiger partial charge in [-0.05, 0) is 19.3 Å². The van der Waals surface area contributed by atoms with Crippen LogP contribution >= 0.6 is 0 Å². The topological polar surface area (TPSA) is 50.8 Å². The van der Waals surface area contributed by atoms with E-state index in [1.165, 1.54) is 32.1 Å². The number of hydrogen-bond acceptors (Lipinski definition) is 3. The van der Waals surface area contributed by atoms with Crippen molar-refractivity contribution in [2.45, 2.75) is 44.6 Å². The highest BCUT2D eigenvalue weighted by atomic mass is 16.5. The number of morpholine rings is 1.